The van der Waals surface area contributed by atoms with Crippen molar-refractivity contribution in [3.05, 3.63) is 35.4 Å². The predicted octanol–water partition coefficient (Wildman–Crippen LogP) is 2.14. The van der Waals surface area contributed by atoms with Crippen molar-refractivity contribution in [3.63, 3.8) is 0 Å². The first-order valence-electron chi connectivity index (χ1n) is 7.15. The standard InChI is InChI=1S/C16H24N2O/c1-12-6-8-14(9-7-12)11-15-5-4-10-18(15)16(19)13(2)17-3/h6-9,13,15,17H,4-5,10-11H2,1-3H3. The van der Waals surface area contributed by atoms with E-state index in [-0.39, 0.29) is 11.9 Å². The van der Waals surface area contributed by atoms with Crippen molar-refractivity contribution in [2.24, 2.45) is 0 Å². The Morgan fingerprint density at radius 1 is 1.42 bits per heavy atom. The number of carbonyl (C=O) groups is 1. The van der Waals surface area contributed by atoms with Crippen LogP contribution in [0.2, 0.25) is 0 Å². The molecule has 1 saturated heterocycles. The lowest BCUT2D eigenvalue weighted by molar-refractivity contribution is -0.133. The molecule has 0 aromatic heterocycles. The highest BCUT2D eigenvalue weighted by Crippen LogP contribution is 2.22. The largest absolute Gasteiger partial charge is 0.338 e. The van der Waals surface area contributed by atoms with E-state index < -0.39 is 0 Å². The summed E-state index contributed by atoms with van der Waals surface area (Å²) in [7, 11) is 1.84. The van der Waals surface area contributed by atoms with Gasteiger partial charge in [0.2, 0.25) is 5.91 Å². The van der Waals surface area contributed by atoms with E-state index in [9.17, 15) is 4.79 Å². The fourth-order valence-corrected chi connectivity index (χ4v) is 2.71. The van der Waals surface area contributed by atoms with Gasteiger partial charge in [0.15, 0.2) is 0 Å². The van der Waals surface area contributed by atoms with Crippen LogP contribution in [0.25, 0.3) is 0 Å². The summed E-state index contributed by atoms with van der Waals surface area (Å²) in [6.45, 7) is 4.94. The molecular weight excluding hydrogens is 236 g/mol. The Hall–Kier alpha value is -1.35. The molecule has 1 aromatic rings. The van der Waals surface area contributed by atoms with Gasteiger partial charge in [0.25, 0.3) is 0 Å². The highest BCUT2D eigenvalue weighted by molar-refractivity contribution is 5.82. The Labute approximate surface area is 116 Å². The van der Waals surface area contributed by atoms with Crippen molar-refractivity contribution in [3.8, 4) is 0 Å². The van der Waals surface area contributed by atoms with Crippen LogP contribution in [-0.2, 0) is 11.2 Å². The van der Waals surface area contributed by atoms with Crippen LogP contribution in [0.5, 0.6) is 0 Å². The SMILES string of the molecule is CNC(C)C(=O)N1CCCC1Cc1ccc(C)cc1. The molecule has 1 amide bonds. The van der Waals surface area contributed by atoms with Gasteiger partial charge in [-0.1, -0.05) is 29.8 Å². The van der Waals surface area contributed by atoms with Crippen molar-refractivity contribution < 1.29 is 4.79 Å². The van der Waals surface area contributed by atoms with Gasteiger partial charge in [0, 0.05) is 12.6 Å². The molecule has 1 heterocycles. The minimum absolute atomic E-state index is 0.0846. The molecule has 2 unspecified atom stereocenters. The van der Waals surface area contributed by atoms with Crippen LogP contribution >= 0.6 is 0 Å². The highest BCUT2D eigenvalue weighted by Gasteiger charge is 2.30. The molecular formula is C16H24N2O. The first-order valence-corrected chi connectivity index (χ1v) is 7.15. The van der Waals surface area contributed by atoms with E-state index in [1.54, 1.807) is 0 Å². The second-order valence-electron chi connectivity index (χ2n) is 5.53. The van der Waals surface area contributed by atoms with Gasteiger partial charge in [-0.15, -0.1) is 0 Å². The maximum absolute atomic E-state index is 12.3. The summed E-state index contributed by atoms with van der Waals surface area (Å²) in [6.07, 6.45) is 3.22. The maximum Gasteiger partial charge on any atom is 0.239 e. The van der Waals surface area contributed by atoms with Crippen LogP contribution in [0.4, 0.5) is 0 Å². The van der Waals surface area contributed by atoms with Gasteiger partial charge in [0.1, 0.15) is 0 Å². The molecule has 1 aromatic carbocycles. The summed E-state index contributed by atoms with van der Waals surface area (Å²) < 4.78 is 0. The molecule has 2 atom stereocenters. The zero-order valence-corrected chi connectivity index (χ0v) is 12.1. The van der Waals surface area contributed by atoms with E-state index in [1.807, 2.05) is 14.0 Å². The molecule has 1 aliphatic heterocycles. The first kappa shape index (κ1) is 14.1. The number of amides is 1. The Kier molecular flexibility index (Phi) is 4.59. The van der Waals surface area contributed by atoms with Gasteiger partial charge >= 0.3 is 0 Å². The molecule has 3 heteroatoms. The average Bonchev–Trinajstić information content (AvgIpc) is 2.87. The zero-order chi connectivity index (χ0) is 13.8. The quantitative estimate of drug-likeness (QED) is 0.899. The van der Waals surface area contributed by atoms with E-state index in [1.165, 1.54) is 11.1 Å². The normalized spacial score (nSPS) is 20.6. The molecule has 0 aliphatic carbocycles. The van der Waals surface area contributed by atoms with E-state index in [0.717, 1.165) is 25.8 Å². The minimum atomic E-state index is -0.0846. The lowest BCUT2D eigenvalue weighted by Gasteiger charge is -2.27. The summed E-state index contributed by atoms with van der Waals surface area (Å²) in [4.78, 5) is 14.4. The summed E-state index contributed by atoms with van der Waals surface area (Å²) >= 11 is 0. The molecule has 0 bridgehead atoms. The third kappa shape index (κ3) is 3.35. The van der Waals surface area contributed by atoms with Crippen LogP contribution in [0, 0.1) is 6.92 Å². The van der Waals surface area contributed by atoms with Gasteiger partial charge in [-0.2, -0.15) is 0 Å². The first-order chi connectivity index (χ1) is 9.11. The van der Waals surface area contributed by atoms with E-state index in [4.69, 9.17) is 0 Å². The number of nitrogens with one attached hydrogen (secondary N) is 1. The van der Waals surface area contributed by atoms with Crippen LogP contribution < -0.4 is 5.32 Å². The molecule has 19 heavy (non-hydrogen) atoms. The van der Waals surface area contributed by atoms with Crippen molar-refractivity contribution in [1.82, 2.24) is 10.2 Å². The number of hydrogen-bond donors (Lipinski definition) is 1. The third-order valence-corrected chi connectivity index (χ3v) is 4.06. The Balaban J connectivity index is 2.02. The average molecular weight is 260 g/mol. The van der Waals surface area contributed by atoms with Crippen LogP contribution in [-0.4, -0.2) is 36.5 Å². The number of aryl methyl sites for hydroxylation is 1. The van der Waals surface area contributed by atoms with Gasteiger partial charge in [0.05, 0.1) is 6.04 Å². The van der Waals surface area contributed by atoms with Gasteiger partial charge in [-0.25, -0.2) is 0 Å². The van der Waals surface area contributed by atoms with E-state index in [2.05, 4.69) is 41.4 Å². The second-order valence-corrected chi connectivity index (χ2v) is 5.53. The van der Waals surface area contributed by atoms with E-state index in [0.29, 0.717) is 6.04 Å². The van der Waals surface area contributed by atoms with Gasteiger partial charge in [-0.05, 0) is 45.7 Å². The molecule has 1 N–H and O–H groups in total. The number of carbonyl (C=O) groups excluding carboxylic acids is 1. The molecule has 0 saturated carbocycles. The van der Waals surface area contributed by atoms with Crippen molar-refractivity contribution in [2.75, 3.05) is 13.6 Å². The maximum atomic E-state index is 12.3. The fourth-order valence-electron chi connectivity index (χ4n) is 2.71. The predicted molar refractivity (Wildman–Crippen MR) is 78.1 cm³/mol. The Bertz CT molecular complexity index is 427. The summed E-state index contributed by atoms with van der Waals surface area (Å²) in [5.41, 5.74) is 2.61. The van der Waals surface area contributed by atoms with Crippen LogP contribution in [0.1, 0.15) is 30.9 Å². The molecule has 3 nitrogen and oxygen atoms in total. The number of benzene rings is 1. The Morgan fingerprint density at radius 2 is 2.11 bits per heavy atom. The number of likely N-dealkylation sites (N-methyl/N-ethyl adjacent to an activating group) is 1. The lowest BCUT2D eigenvalue weighted by atomic mass is 10.0. The number of hydrogen-bond acceptors (Lipinski definition) is 2. The second kappa shape index (κ2) is 6.20. The highest BCUT2D eigenvalue weighted by atomic mass is 16.2. The zero-order valence-electron chi connectivity index (χ0n) is 12.1. The fraction of sp³-hybridized carbons (Fsp3) is 0.562. The van der Waals surface area contributed by atoms with Crippen molar-refractivity contribution in [2.45, 2.75) is 45.2 Å². The number of rotatable bonds is 4. The van der Waals surface area contributed by atoms with Gasteiger partial charge < -0.3 is 10.2 Å². The van der Waals surface area contributed by atoms with Crippen LogP contribution in [0.3, 0.4) is 0 Å². The molecule has 0 radical (unpaired) electrons. The van der Waals surface area contributed by atoms with Crippen LogP contribution in [0.15, 0.2) is 24.3 Å². The monoisotopic (exact) mass is 260 g/mol. The van der Waals surface area contributed by atoms with Crippen molar-refractivity contribution in [1.29, 1.82) is 0 Å². The van der Waals surface area contributed by atoms with Crippen molar-refractivity contribution >= 4 is 5.91 Å². The smallest absolute Gasteiger partial charge is 0.239 e. The molecule has 2 rings (SSSR count). The molecule has 104 valence electrons. The topological polar surface area (TPSA) is 32.3 Å². The molecule has 1 aliphatic rings. The minimum Gasteiger partial charge on any atom is -0.338 e. The van der Waals surface area contributed by atoms with Gasteiger partial charge in [-0.3, -0.25) is 4.79 Å². The molecule has 1 fully saturated rings. The number of nitrogens with zero attached hydrogens (tertiary/aromatic N) is 1. The van der Waals surface area contributed by atoms with E-state index >= 15 is 0 Å². The molecule has 0 spiro atoms. The third-order valence-electron chi connectivity index (χ3n) is 4.06. The lowest BCUT2D eigenvalue weighted by Crippen LogP contribution is -2.46. The number of likely N-dealkylation sites (tertiary alicyclic amines) is 1. The summed E-state index contributed by atoms with van der Waals surface area (Å²) in [5.74, 6) is 0.233. The summed E-state index contributed by atoms with van der Waals surface area (Å²) in [6, 6.07) is 8.93. The summed E-state index contributed by atoms with van der Waals surface area (Å²) in [5, 5.41) is 3.04. The Morgan fingerprint density at radius 3 is 2.74 bits per heavy atom.